The first-order chi connectivity index (χ1) is 6.76. The van der Waals surface area contributed by atoms with E-state index in [9.17, 15) is 0 Å². The number of hydrogen-bond donors (Lipinski definition) is 1. The Labute approximate surface area is 88.2 Å². The zero-order valence-corrected chi connectivity index (χ0v) is 9.66. The predicted octanol–water partition coefficient (Wildman–Crippen LogP) is 1.76. The van der Waals surface area contributed by atoms with Crippen LogP contribution >= 0.6 is 0 Å². The normalized spacial score (nSPS) is 9.71. The molecule has 0 atom stereocenters. The fourth-order valence-corrected chi connectivity index (χ4v) is 0.841. The molecule has 0 unspecified atom stereocenters. The lowest BCUT2D eigenvalue weighted by Crippen LogP contribution is -2.24. The van der Waals surface area contributed by atoms with Crippen molar-refractivity contribution in [3.05, 3.63) is 12.2 Å². The molecule has 0 aromatic heterocycles. The van der Waals surface area contributed by atoms with Gasteiger partial charge in [0.15, 0.2) is 0 Å². The summed E-state index contributed by atoms with van der Waals surface area (Å²) in [7, 11) is 0. The van der Waals surface area contributed by atoms with Crippen molar-refractivity contribution >= 4 is 0 Å². The van der Waals surface area contributed by atoms with E-state index >= 15 is 0 Å². The SMILES string of the molecule is CC=CCN(CC)CCC#N.CCN. The lowest BCUT2D eigenvalue weighted by Gasteiger charge is -2.15. The maximum Gasteiger partial charge on any atom is 0.0635 e. The Hall–Kier alpha value is -0.850. The van der Waals surface area contributed by atoms with Gasteiger partial charge in [-0.05, 0) is 20.0 Å². The van der Waals surface area contributed by atoms with Gasteiger partial charge in [0, 0.05) is 19.5 Å². The second kappa shape index (κ2) is 14.7. The molecule has 0 aromatic carbocycles. The van der Waals surface area contributed by atoms with Gasteiger partial charge in [-0.15, -0.1) is 0 Å². The molecule has 3 nitrogen and oxygen atoms in total. The van der Waals surface area contributed by atoms with Gasteiger partial charge in [0.05, 0.1) is 6.07 Å². The highest BCUT2D eigenvalue weighted by Gasteiger charge is 1.96. The van der Waals surface area contributed by atoms with E-state index in [0.717, 1.165) is 26.2 Å². The number of nitrogens with zero attached hydrogens (tertiary/aromatic N) is 2. The maximum atomic E-state index is 8.34. The first kappa shape index (κ1) is 15.6. The molecule has 0 heterocycles. The van der Waals surface area contributed by atoms with Gasteiger partial charge in [0.2, 0.25) is 0 Å². The minimum Gasteiger partial charge on any atom is -0.331 e. The molecule has 0 aliphatic rings. The van der Waals surface area contributed by atoms with Gasteiger partial charge >= 0.3 is 0 Å². The summed E-state index contributed by atoms with van der Waals surface area (Å²) < 4.78 is 0. The van der Waals surface area contributed by atoms with Gasteiger partial charge in [-0.3, -0.25) is 4.90 Å². The number of rotatable bonds is 5. The van der Waals surface area contributed by atoms with Gasteiger partial charge in [0.25, 0.3) is 0 Å². The monoisotopic (exact) mass is 197 g/mol. The summed E-state index contributed by atoms with van der Waals surface area (Å²) in [6.45, 7) is 9.65. The number of allylic oxidation sites excluding steroid dienone is 1. The van der Waals surface area contributed by atoms with E-state index < -0.39 is 0 Å². The van der Waals surface area contributed by atoms with Crippen LogP contribution in [0.5, 0.6) is 0 Å². The minimum absolute atomic E-state index is 0.630. The maximum absolute atomic E-state index is 8.34. The summed E-state index contributed by atoms with van der Waals surface area (Å²) in [6, 6.07) is 2.14. The van der Waals surface area contributed by atoms with E-state index in [2.05, 4.69) is 24.0 Å². The highest BCUT2D eigenvalue weighted by molar-refractivity contribution is 4.82. The van der Waals surface area contributed by atoms with Crippen LogP contribution in [-0.4, -0.2) is 31.1 Å². The molecule has 0 aliphatic heterocycles. The smallest absolute Gasteiger partial charge is 0.0635 e. The summed E-state index contributed by atoms with van der Waals surface area (Å²) in [5.41, 5.74) is 4.85. The van der Waals surface area contributed by atoms with Crippen molar-refractivity contribution in [3.63, 3.8) is 0 Å². The predicted molar refractivity (Wildman–Crippen MR) is 61.9 cm³/mol. The van der Waals surface area contributed by atoms with Crippen molar-refractivity contribution in [2.45, 2.75) is 27.2 Å². The van der Waals surface area contributed by atoms with Crippen molar-refractivity contribution in [2.75, 3.05) is 26.2 Å². The zero-order valence-electron chi connectivity index (χ0n) is 9.66. The molecule has 3 heteroatoms. The van der Waals surface area contributed by atoms with Gasteiger partial charge in [-0.25, -0.2) is 0 Å². The third-order valence-corrected chi connectivity index (χ3v) is 1.59. The molecule has 0 amide bonds. The van der Waals surface area contributed by atoms with Gasteiger partial charge in [-0.1, -0.05) is 26.0 Å². The van der Waals surface area contributed by atoms with E-state index in [4.69, 9.17) is 11.0 Å². The summed E-state index contributed by atoms with van der Waals surface area (Å²) >= 11 is 0. The molecule has 82 valence electrons. The molecular weight excluding hydrogens is 174 g/mol. The second-order valence-electron chi connectivity index (χ2n) is 2.78. The average Bonchev–Trinajstić information content (AvgIpc) is 2.20. The lowest BCUT2D eigenvalue weighted by atomic mass is 10.4. The zero-order chi connectivity index (χ0) is 11.2. The van der Waals surface area contributed by atoms with Crippen LogP contribution in [0.2, 0.25) is 0 Å². The standard InChI is InChI=1S/C9H16N2.C2H7N/c1-3-5-8-11(4-2)9-6-7-10;1-2-3/h3,5H,4,6,8-9H2,1-2H3;2-3H2,1H3. The molecule has 0 radical (unpaired) electrons. The van der Waals surface area contributed by atoms with Crippen LogP contribution in [0.25, 0.3) is 0 Å². The molecule has 0 aliphatic carbocycles. The third kappa shape index (κ3) is 13.7. The van der Waals surface area contributed by atoms with Crippen LogP contribution in [0.4, 0.5) is 0 Å². The second-order valence-corrected chi connectivity index (χ2v) is 2.78. The summed E-state index contributed by atoms with van der Waals surface area (Å²) in [4.78, 5) is 2.24. The Balaban J connectivity index is 0. The van der Waals surface area contributed by atoms with E-state index in [1.807, 2.05) is 19.9 Å². The number of hydrogen-bond acceptors (Lipinski definition) is 3. The van der Waals surface area contributed by atoms with Crippen LogP contribution in [0, 0.1) is 11.3 Å². The van der Waals surface area contributed by atoms with Crippen LogP contribution in [0.3, 0.4) is 0 Å². The van der Waals surface area contributed by atoms with Crippen molar-refractivity contribution in [3.8, 4) is 6.07 Å². The van der Waals surface area contributed by atoms with E-state index in [1.165, 1.54) is 0 Å². The Kier molecular flexibility index (Phi) is 16.4. The van der Waals surface area contributed by atoms with Gasteiger partial charge in [-0.2, -0.15) is 5.26 Å². The minimum atomic E-state index is 0.630. The molecule has 0 saturated heterocycles. The van der Waals surface area contributed by atoms with Gasteiger partial charge < -0.3 is 5.73 Å². The van der Waals surface area contributed by atoms with Crippen molar-refractivity contribution in [2.24, 2.45) is 5.73 Å². The molecule has 0 saturated carbocycles. The quantitative estimate of drug-likeness (QED) is 0.683. The Morgan fingerprint density at radius 2 is 2.00 bits per heavy atom. The Bertz CT molecular complexity index is 158. The molecule has 0 fully saturated rings. The largest absolute Gasteiger partial charge is 0.331 e. The first-order valence-electron chi connectivity index (χ1n) is 5.17. The molecule has 14 heavy (non-hydrogen) atoms. The van der Waals surface area contributed by atoms with Crippen molar-refractivity contribution < 1.29 is 0 Å². The van der Waals surface area contributed by atoms with Crippen LogP contribution in [0.1, 0.15) is 27.2 Å². The van der Waals surface area contributed by atoms with Crippen LogP contribution in [-0.2, 0) is 0 Å². The fourth-order valence-electron chi connectivity index (χ4n) is 0.841. The topological polar surface area (TPSA) is 53.0 Å². The number of nitrogens with two attached hydrogens (primary N) is 1. The Morgan fingerprint density at radius 1 is 1.43 bits per heavy atom. The highest BCUT2D eigenvalue weighted by Crippen LogP contribution is 1.90. The molecule has 0 bridgehead atoms. The summed E-state index contributed by atoms with van der Waals surface area (Å²) in [5.74, 6) is 0. The highest BCUT2D eigenvalue weighted by atomic mass is 15.1. The Morgan fingerprint density at radius 3 is 2.36 bits per heavy atom. The van der Waals surface area contributed by atoms with E-state index in [1.54, 1.807) is 0 Å². The molecule has 0 aromatic rings. The van der Waals surface area contributed by atoms with Crippen molar-refractivity contribution in [1.29, 1.82) is 5.26 Å². The average molecular weight is 197 g/mol. The van der Waals surface area contributed by atoms with Crippen LogP contribution in [0.15, 0.2) is 12.2 Å². The van der Waals surface area contributed by atoms with E-state index in [-0.39, 0.29) is 0 Å². The first-order valence-corrected chi connectivity index (χ1v) is 5.17. The molecule has 0 spiro atoms. The van der Waals surface area contributed by atoms with Gasteiger partial charge in [0.1, 0.15) is 0 Å². The van der Waals surface area contributed by atoms with E-state index in [0.29, 0.717) is 6.42 Å². The fraction of sp³-hybridized carbons (Fsp3) is 0.727. The van der Waals surface area contributed by atoms with Crippen LogP contribution < -0.4 is 5.73 Å². The lowest BCUT2D eigenvalue weighted by molar-refractivity contribution is 0.327. The number of nitriles is 1. The molecular formula is C11H23N3. The molecule has 0 rings (SSSR count). The molecule has 2 N–H and O–H groups in total. The third-order valence-electron chi connectivity index (χ3n) is 1.59. The summed E-state index contributed by atoms with van der Waals surface area (Å²) in [5, 5.41) is 8.34. The summed E-state index contributed by atoms with van der Waals surface area (Å²) in [6.07, 6.45) is 4.78. The number of likely N-dealkylation sites (N-methyl/N-ethyl adjacent to an activating group) is 1. The van der Waals surface area contributed by atoms with Crippen molar-refractivity contribution in [1.82, 2.24) is 4.90 Å².